The van der Waals surface area contributed by atoms with E-state index in [1.165, 1.54) is 25.7 Å². The predicted octanol–water partition coefficient (Wildman–Crippen LogP) is 2.28. The minimum Gasteiger partial charge on any atom is -0.425 e. The van der Waals surface area contributed by atoms with Crippen molar-refractivity contribution < 1.29 is 4.43 Å². The fourth-order valence-corrected chi connectivity index (χ4v) is 1.99. The van der Waals surface area contributed by atoms with Crippen molar-refractivity contribution in [3.05, 3.63) is 0 Å². The van der Waals surface area contributed by atoms with Crippen LogP contribution in [0.25, 0.3) is 0 Å². The Hall–Kier alpha value is 0.177. The largest absolute Gasteiger partial charge is 0.425 e. The third-order valence-corrected chi connectivity index (χ3v) is 3.59. The lowest BCUT2D eigenvalue weighted by atomic mass is 9.82. The average Bonchev–Trinajstić information content (AvgIpc) is 2.03. The van der Waals surface area contributed by atoms with Crippen molar-refractivity contribution in [2.75, 3.05) is 0 Å². The topological polar surface area (TPSA) is 9.23 Å². The Morgan fingerprint density at radius 3 is 2.33 bits per heavy atom. The number of unbranched alkanes of at least 4 members (excludes halogenated alkanes) is 2. The Morgan fingerprint density at radius 1 is 1.33 bits per heavy atom. The quantitative estimate of drug-likeness (QED) is 0.459. The van der Waals surface area contributed by atoms with Crippen molar-refractivity contribution in [1.82, 2.24) is 0 Å². The molecule has 0 aromatic rings. The maximum Gasteiger partial charge on any atom is 0.146 e. The molecule has 0 aromatic heterocycles. The SMILES string of the molecule is CCCCCC(C)(C)C(C)O[SiH3]. The van der Waals surface area contributed by atoms with Gasteiger partial charge in [-0.2, -0.15) is 0 Å². The zero-order valence-electron chi connectivity index (χ0n) is 9.31. The minimum absolute atomic E-state index is 0.372. The van der Waals surface area contributed by atoms with E-state index in [1.807, 2.05) is 0 Å². The highest BCUT2D eigenvalue weighted by atomic mass is 28.2. The lowest BCUT2D eigenvalue weighted by Gasteiger charge is -2.31. The van der Waals surface area contributed by atoms with Crippen LogP contribution >= 0.6 is 0 Å². The summed E-state index contributed by atoms with van der Waals surface area (Å²) in [6.07, 6.45) is 5.74. The molecule has 0 radical (unpaired) electrons. The van der Waals surface area contributed by atoms with Gasteiger partial charge < -0.3 is 4.43 Å². The molecule has 0 rings (SSSR count). The van der Waals surface area contributed by atoms with Gasteiger partial charge in [-0.3, -0.25) is 0 Å². The maximum atomic E-state index is 5.48. The van der Waals surface area contributed by atoms with Crippen LogP contribution in [0.4, 0.5) is 0 Å². The van der Waals surface area contributed by atoms with Crippen molar-refractivity contribution in [2.45, 2.75) is 59.5 Å². The number of hydrogen-bond acceptors (Lipinski definition) is 1. The zero-order chi connectivity index (χ0) is 9.61. The van der Waals surface area contributed by atoms with E-state index < -0.39 is 0 Å². The van der Waals surface area contributed by atoms with Crippen LogP contribution in [0.15, 0.2) is 0 Å². The van der Waals surface area contributed by atoms with Gasteiger partial charge in [-0.05, 0) is 18.8 Å². The van der Waals surface area contributed by atoms with Crippen LogP contribution in [0, 0.1) is 5.41 Å². The average molecular weight is 188 g/mol. The summed E-state index contributed by atoms with van der Waals surface area (Å²) in [5.74, 6) is 0. The molecule has 12 heavy (non-hydrogen) atoms. The predicted molar refractivity (Wildman–Crippen MR) is 58.4 cm³/mol. The van der Waals surface area contributed by atoms with Crippen molar-refractivity contribution in [3.63, 3.8) is 0 Å². The molecular formula is C10H24OSi. The van der Waals surface area contributed by atoms with Gasteiger partial charge in [-0.1, -0.05) is 40.0 Å². The molecule has 1 atom stereocenters. The first-order valence-corrected chi connectivity index (χ1v) is 5.89. The molecule has 0 aliphatic rings. The van der Waals surface area contributed by atoms with E-state index in [4.69, 9.17) is 4.43 Å². The summed E-state index contributed by atoms with van der Waals surface area (Å²) < 4.78 is 5.48. The molecule has 74 valence electrons. The maximum absolute atomic E-state index is 5.48. The van der Waals surface area contributed by atoms with E-state index in [9.17, 15) is 0 Å². The minimum atomic E-state index is 0.372. The van der Waals surface area contributed by atoms with Crippen LogP contribution in [0.1, 0.15) is 53.4 Å². The third kappa shape index (κ3) is 4.26. The Kier molecular flexibility index (Phi) is 5.84. The summed E-state index contributed by atoms with van der Waals surface area (Å²) >= 11 is 0. The molecule has 0 spiro atoms. The van der Waals surface area contributed by atoms with Crippen molar-refractivity contribution >= 4 is 10.5 Å². The molecule has 0 saturated heterocycles. The first-order valence-electron chi connectivity index (χ1n) is 5.07. The summed E-state index contributed by atoms with van der Waals surface area (Å²) in [7, 11) is 0.863. The van der Waals surface area contributed by atoms with Crippen LogP contribution in [-0.2, 0) is 4.43 Å². The standard InChI is InChI=1S/C10H24OSi/c1-5-6-7-8-10(3,4)9(2)11-12/h9H,5-8H2,1-4,12H3. The second-order valence-electron chi connectivity index (χ2n) is 4.32. The van der Waals surface area contributed by atoms with Gasteiger partial charge in [-0.15, -0.1) is 0 Å². The second-order valence-corrected chi connectivity index (χ2v) is 4.80. The molecule has 1 unspecified atom stereocenters. The normalized spacial score (nSPS) is 15.0. The van der Waals surface area contributed by atoms with Crippen molar-refractivity contribution in [1.29, 1.82) is 0 Å². The van der Waals surface area contributed by atoms with Crippen molar-refractivity contribution in [3.8, 4) is 0 Å². The first kappa shape index (κ1) is 12.2. The molecule has 0 bridgehead atoms. The van der Waals surface area contributed by atoms with Gasteiger partial charge in [0.15, 0.2) is 0 Å². The highest BCUT2D eigenvalue weighted by Gasteiger charge is 2.24. The Bertz CT molecular complexity index is 112. The molecular weight excluding hydrogens is 164 g/mol. The van der Waals surface area contributed by atoms with Gasteiger partial charge in [0.05, 0.1) is 0 Å². The fraction of sp³-hybridized carbons (Fsp3) is 1.00. The molecule has 1 nitrogen and oxygen atoms in total. The highest BCUT2D eigenvalue weighted by Crippen LogP contribution is 2.29. The van der Waals surface area contributed by atoms with Crippen molar-refractivity contribution in [2.24, 2.45) is 5.41 Å². The lowest BCUT2D eigenvalue weighted by molar-refractivity contribution is 0.0883. The van der Waals surface area contributed by atoms with E-state index in [0.29, 0.717) is 11.5 Å². The summed E-state index contributed by atoms with van der Waals surface area (Å²) in [6.45, 7) is 9.06. The molecule has 0 aromatic carbocycles. The lowest BCUT2D eigenvalue weighted by Crippen LogP contribution is -2.28. The van der Waals surface area contributed by atoms with Crippen LogP contribution < -0.4 is 0 Å². The molecule has 2 heteroatoms. The third-order valence-electron chi connectivity index (χ3n) is 2.88. The van der Waals surface area contributed by atoms with Crippen LogP contribution in [-0.4, -0.2) is 16.6 Å². The van der Waals surface area contributed by atoms with Gasteiger partial charge in [-0.25, -0.2) is 0 Å². The summed E-state index contributed by atoms with van der Waals surface area (Å²) in [6, 6.07) is 0. The number of hydrogen-bond donors (Lipinski definition) is 0. The monoisotopic (exact) mass is 188 g/mol. The van der Waals surface area contributed by atoms with Gasteiger partial charge in [0.25, 0.3) is 0 Å². The molecule has 0 heterocycles. The van der Waals surface area contributed by atoms with Gasteiger partial charge >= 0.3 is 0 Å². The summed E-state index contributed by atoms with van der Waals surface area (Å²) in [5, 5.41) is 0. The van der Waals surface area contributed by atoms with E-state index in [1.54, 1.807) is 0 Å². The van der Waals surface area contributed by atoms with Crippen LogP contribution in [0.3, 0.4) is 0 Å². The van der Waals surface area contributed by atoms with Gasteiger partial charge in [0.2, 0.25) is 0 Å². The Balaban J connectivity index is 3.70. The molecule has 0 saturated carbocycles. The summed E-state index contributed by atoms with van der Waals surface area (Å²) in [4.78, 5) is 0. The fourth-order valence-electron chi connectivity index (χ4n) is 1.35. The molecule has 0 amide bonds. The summed E-state index contributed by atoms with van der Waals surface area (Å²) in [5.41, 5.74) is 0.372. The molecule has 0 aliphatic carbocycles. The van der Waals surface area contributed by atoms with E-state index in [0.717, 1.165) is 10.5 Å². The van der Waals surface area contributed by atoms with Gasteiger partial charge in [0, 0.05) is 6.10 Å². The molecule has 0 N–H and O–H groups in total. The second kappa shape index (κ2) is 5.76. The first-order chi connectivity index (χ1) is 5.54. The van der Waals surface area contributed by atoms with Crippen LogP contribution in [0.5, 0.6) is 0 Å². The zero-order valence-corrected chi connectivity index (χ0v) is 11.3. The van der Waals surface area contributed by atoms with E-state index in [-0.39, 0.29) is 0 Å². The Morgan fingerprint density at radius 2 is 1.92 bits per heavy atom. The Labute approximate surface area is 80.4 Å². The smallest absolute Gasteiger partial charge is 0.146 e. The molecule has 0 fully saturated rings. The van der Waals surface area contributed by atoms with Crippen LogP contribution in [0.2, 0.25) is 0 Å². The molecule has 0 aliphatic heterocycles. The van der Waals surface area contributed by atoms with E-state index >= 15 is 0 Å². The highest BCUT2D eigenvalue weighted by molar-refractivity contribution is 5.98. The van der Waals surface area contributed by atoms with E-state index in [2.05, 4.69) is 27.7 Å². The number of rotatable bonds is 6. The van der Waals surface area contributed by atoms with Gasteiger partial charge in [0.1, 0.15) is 10.5 Å².